The van der Waals surface area contributed by atoms with Crippen LogP contribution in [0.15, 0.2) is 12.7 Å². The van der Waals surface area contributed by atoms with E-state index >= 15 is 0 Å². The molecule has 2 nitrogen and oxygen atoms in total. The maximum absolute atomic E-state index is 12.0. The topological polar surface area (TPSA) is 20.3 Å². The van der Waals surface area contributed by atoms with Crippen LogP contribution in [0.1, 0.15) is 12.8 Å². The molecule has 4 heteroatoms. The van der Waals surface area contributed by atoms with Crippen molar-refractivity contribution >= 4 is 5.91 Å². The molecule has 0 heterocycles. The van der Waals surface area contributed by atoms with Gasteiger partial charge in [-0.15, -0.1) is 6.58 Å². The molecule has 1 saturated carbocycles. The largest absolute Gasteiger partial charge is 0.331 e. The van der Waals surface area contributed by atoms with E-state index in [4.69, 9.17) is 0 Å². The zero-order valence-electron chi connectivity index (χ0n) is 6.67. The summed E-state index contributed by atoms with van der Waals surface area (Å²) in [7, 11) is 0. The number of rotatable bonds is 4. The fourth-order valence-corrected chi connectivity index (χ4v) is 1.07. The maximum atomic E-state index is 12.0. The van der Waals surface area contributed by atoms with Gasteiger partial charge in [-0.2, -0.15) is 8.78 Å². The van der Waals surface area contributed by atoms with E-state index in [-0.39, 0.29) is 12.6 Å². The van der Waals surface area contributed by atoms with Crippen molar-refractivity contribution in [3.05, 3.63) is 12.7 Å². The zero-order chi connectivity index (χ0) is 9.14. The average Bonchev–Trinajstić information content (AvgIpc) is 2.81. The molecule has 1 amide bonds. The maximum Gasteiger partial charge on any atom is 0.315 e. The van der Waals surface area contributed by atoms with Gasteiger partial charge in [0.2, 0.25) is 0 Å². The summed E-state index contributed by atoms with van der Waals surface area (Å²) in [4.78, 5) is 12.0. The van der Waals surface area contributed by atoms with Crippen molar-refractivity contribution in [2.24, 2.45) is 0 Å². The number of hydrogen-bond acceptors (Lipinski definition) is 1. The van der Waals surface area contributed by atoms with Crippen LogP contribution in [0, 0.1) is 0 Å². The molecule has 0 radical (unpaired) electrons. The van der Waals surface area contributed by atoms with E-state index < -0.39 is 12.3 Å². The highest BCUT2D eigenvalue weighted by atomic mass is 19.3. The monoisotopic (exact) mass is 175 g/mol. The molecule has 1 aliphatic carbocycles. The summed E-state index contributed by atoms with van der Waals surface area (Å²) in [5.74, 6) is -1.07. The van der Waals surface area contributed by atoms with E-state index in [9.17, 15) is 13.6 Å². The number of alkyl halides is 2. The van der Waals surface area contributed by atoms with Crippen LogP contribution >= 0.6 is 0 Å². The Kier molecular flexibility index (Phi) is 2.78. The van der Waals surface area contributed by atoms with Crippen LogP contribution in [0.2, 0.25) is 0 Å². The Hall–Kier alpha value is -0.930. The van der Waals surface area contributed by atoms with Crippen LogP contribution in [0.3, 0.4) is 0 Å². The molecule has 0 unspecified atom stereocenters. The van der Waals surface area contributed by atoms with Gasteiger partial charge in [-0.3, -0.25) is 4.79 Å². The Balaban J connectivity index is 2.51. The molecule has 0 N–H and O–H groups in total. The smallest absolute Gasteiger partial charge is 0.315 e. The Morgan fingerprint density at radius 3 is 2.58 bits per heavy atom. The first-order valence-corrected chi connectivity index (χ1v) is 3.86. The molecule has 1 fully saturated rings. The Morgan fingerprint density at radius 1 is 1.67 bits per heavy atom. The first-order chi connectivity index (χ1) is 5.66. The molecule has 12 heavy (non-hydrogen) atoms. The summed E-state index contributed by atoms with van der Waals surface area (Å²) >= 11 is 0. The Morgan fingerprint density at radius 2 is 2.25 bits per heavy atom. The standard InChI is InChI=1S/C8H11F2NO/c1-2-5-11(6-3-4-6)8(12)7(9)10/h2,6-7H,1,3-5H2. The number of carbonyl (C=O) groups is 1. The van der Waals surface area contributed by atoms with Crippen molar-refractivity contribution in [2.75, 3.05) is 6.54 Å². The van der Waals surface area contributed by atoms with Gasteiger partial charge in [-0.1, -0.05) is 6.08 Å². The summed E-state index contributed by atoms with van der Waals surface area (Å²) < 4.78 is 23.9. The van der Waals surface area contributed by atoms with E-state index in [2.05, 4.69) is 6.58 Å². The lowest BCUT2D eigenvalue weighted by atomic mass is 10.4. The van der Waals surface area contributed by atoms with Gasteiger partial charge in [0.15, 0.2) is 0 Å². The van der Waals surface area contributed by atoms with Gasteiger partial charge in [-0.05, 0) is 12.8 Å². The fraction of sp³-hybridized carbons (Fsp3) is 0.625. The third-order valence-corrected chi connectivity index (χ3v) is 1.78. The molecule has 0 spiro atoms. The number of halogens is 2. The molecule has 1 rings (SSSR count). The summed E-state index contributed by atoms with van der Waals surface area (Å²) in [5, 5.41) is 0. The van der Waals surface area contributed by atoms with Crippen LogP contribution in [-0.4, -0.2) is 29.8 Å². The summed E-state index contributed by atoms with van der Waals surface area (Å²) in [6, 6.07) is 0.0319. The van der Waals surface area contributed by atoms with Gasteiger partial charge in [0.25, 0.3) is 5.91 Å². The highest BCUT2D eigenvalue weighted by Gasteiger charge is 2.35. The zero-order valence-corrected chi connectivity index (χ0v) is 6.67. The number of nitrogens with zero attached hydrogens (tertiary/aromatic N) is 1. The molecule has 0 aliphatic heterocycles. The first-order valence-electron chi connectivity index (χ1n) is 3.86. The molecule has 0 atom stereocenters. The van der Waals surface area contributed by atoms with Crippen LogP contribution in [0.4, 0.5) is 8.78 Å². The van der Waals surface area contributed by atoms with Crippen LogP contribution < -0.4 is 0 Å². The van der Waals surface area contributed by atoms with E-state index in [1.165, 1.54) is 11.0 Å². The van der Waals surface area contributed by atoms with E-state index in [0.29, 0.717) is 0 Å². The number of hydrogen-bond donors (Lipinski definition) is 0. The predicted octanol–water partition coefficient (Wildman–Crippen LogP) is 1.43. The van der Waals surface area contributed by atoms with Gasteiger partial charge in [0.05, 0.1) is 0 Å². The molecular formula is C8H11F2NO. The highest BCUT2D eigenvalue weighted by molar-refractivity contribution is 5.80. The van der Waals surface area contributed by atoms with Crippen molar-refractivity contribution < 1.29 is 13.6 Å². The van der Waals surface area contributed by atoms with Gasteiger partial charge in [0.1, 0.15) is 0 Å². The summed E-state index contributed by atoms with van der Waals surface area (Å²) in [5.41, 5.74) is 0. The van der Waals surface area contributed by atoms with Crippen molar-refractivity contribution in [1.82, 2.24) is 4.90 Å². The minimum Gasteiger partial charge on any atom is -0.331 e. The molecule has 0 aromatic heterocycles. The second-order valence-electron chi connectivity index (χ2n) is 2.81. The molecule has 1 aliphatic rings. The van der Waals surface area contributed by atoms with Gasteiger partial charge < -0.3 is 4.90 Å². The quantitative estimate of drug-likeness (QED) is 0.592. The number of carbonyl (C=O) groups excluding carboxylic acids is 1. The summed E-state index contributed by atoms with van der Waals surface area (Å²) in [6.07, 6.45) is 0.266. The van der Waals surface area contributed by atoms with Crippen molar-refractivity contribution in [3.63, 3.8) is 0 Å². The number of amides is 1. The molecule has 68 valence electrons. The lowest BCUT2D eigenvalue weighted by Gasteiger charge is -2.19. The Labute approximate surface area is 69.9 Å². The SMILES string of the molecule is C=CCN(C(=O)C(F)F)C1CC1. The molecule has 0 bridgehead atoms. The molecular weight excluding hydrogens is 164 g/mol. The summed E-state index contributed by atoms with van der Waals surface area (Å²) in [6.45, 7) is 3.64. The highest BCUT2D eigenvalue weighted by Crippen LogP contribution is 2.27. The normalized spacial score (nSPS) is 16.2. The minimum absolute atomic E-state index is 0.0319. The minimum atomic E-state index is -2.88. The average molecular weight is 175 g/mol. The lowest BCUT2D eigenvalue weighted by molar-refractivity contribution is -0.142. The second-order valence-corrected chi connectivity index (χ2v) is 2.81. The van der Waals surface area contributed by atoms with Gasteiger partial charge in [0, 0.05) is 12.6 Å². The predicted molar refractivity (Wildman–Crippen MR) is 40.9 cm³/mol. The van der Waals surface area contributed by atoms with Crippen LogP contribution in [-0.2, 0) is 4.79 Å². The third kappa shape index (κ3) is 2.03. The first kappa shape index (κ1) is 9.16. The van der Waals surface area contributed by atoms with Crippen molar-refractivity contribution in [2.45, 2.75) is 25.3 Å². The fourth-order valence-electron chi connectivity index (χ4n) is 1.07. The molecule has 0 aromatic rings. The molecule has 0 aromatic carbocycles. The van der Waals surface area contributed by atoms with Crippen LogP contribution in [0.5, 0.6) is 0 Å². The second kappa shape index (κ2) is 3.65. The molecule has 0 saturated heterocycles. The van der Waals surface area contributed by atoms with Gasteiger partial charge in [-0.25, -0.2) is 0 Å². The van der Waals surface area contributed by atoms with Crippen molar-refractivity contribution in [3.8, 4) is 0 Å². The lowest BCUT2D eigenvalue weighted by Crippen LogP contribution is -2.37. The van der Waals surface area contributed by atoms with E-state index in [1.54, 1.807) is 0 Å². The van der Waals surface area contributed by atoms with Gasteiger partial charge >= 0.3 is 6.43 Å². The van der Waals surface area contributed by atoms with E-state index in [0.717, 1.165) is 12.8 Å². The Bertz CT molecular complexity index is 189. The van der Waals surface area contributed by atoms with Crippen molar-refractivity contribution in [1.29, 1.82) is 0 Å². The third-order valence-electron chi connectivity index (χ3n) is 1.78. The van der Waals surface area contributed by atoms with Crippen LogP contribution in [0.25, 0.3) is 0 Å². The van der Waals surface area contributed by atoms with E-state index in [1.807, 2.05) is 0 Å².